The van der Waals surface area contributed by atoms with Gasteiger partial charge < -0.3 is 19.7 Å². The van der Waals surface area contributed by atoms with Gasteiger partial charge in [0, 0.05) is 23.8 Å². The Morgan fingerprint density at radius 2 is 1.74 bits per heavy atom. The maximum atomic E-state index is 12.2. The van der Waals surface area contributed by atoms with E-state index in [9.17, 15) is 9.59 Å². The lowest BCUT2D eigenvalue weighted by molar-refractivity contribution is -0.129. The summed E-state index contributed by atoms with van der Waals surface area (Å²) in [4.78, 5) is 25.6. The van der Waals surface area contributed by atoms with E-state index in [0.29, 0.717) is 22.2 Å². The van der Waals surface area contributed by atoms with Gasteiger partial charge in [0.1, 0.15) is 0 Å². The van der Waals surface area contributed by atoms with E-state index in [1.54, 1.807) is 69.8 Å². The highest BCUT2D eigenvalue weighted by molar-refractivity contribution is 6.30. The van der Waals surface area contributed by atoms with Crippen LogP contribution in [0.1, 0.15) is 5.56 Å². The van der Waals surface area contributed by atoms with Crippen molar-refractivity contribution >= 4 is 35.2 Å². The van der Waals surface area contributed by atoms with E-state index in [4.69, 9.17) is 21.1 Å². The Bertz CT molecular complexity index is 834. The van der Waals surface area contributed by atoms with Gasteiger partial charge in [-0.1, -0.05) is 17.7 Å². The number of hydrogen-bond donors (Lipinski definition) is 1. The average Bonchev–Trinajstić information content (AvgIpc) is 2.67. The highest BCUT2D eigenvalue weighted by Gasteiger charge is 2.11. The van der Waals surface area contributed by atoms with Crippen LogP contribution >= 0.6 is 11.6 Å². The summed E-state index contributed by atoms with van der Waals surface area (Å²) in [6.07, 6.45) is 3.05. The smallest absolute Gasteiger partial charge is 0.246 e. The minimum Gasteiger partial charge on any atom is -0.493 e. The third kappa shape index (κ3) is 6.04. The van der Waals surface area contributed by atoms with Gasteiger partial charge in [-0.15, -0.1) is 0 Å². The molecular weight excluding hydrogens is 368 g/mol. The van der Waals surface area contributed by atoms with Crippen molar-refractivity contribution in [1.82, 2.24) is 4.90 Å². The molecule has 2 aromatic rings. The van der Waals surface area contributed by atoms with Gasteiger partial charge in [0.2, 0.25) is 11.8 Å². The van der Waals surface area contributed by atoms with Gasteiger partial charge in [-0.25, -0.2) is 0 Å². The van der Waals surface area contributed by atoms with E-state index in [2.05, 4.69) is 5.32 Å². The summed E-state index contributed by atoms with van der Waals surface area (Å²) in [6.45, 7) is -0.0717. The summed E-state index contributed by atoms with van der Waals surface area (Å²) in [5.74, 6) is 0.587. The molecule has 2 rings (SSSR count). The molecule has 0 atom stereocenters. The minimum absolute atomic E-state index is 0.0717. The maximum absolute atomic E-state index is 12.2. The second-order valence-electron chi connectivity index (χ2n) is 5.70. The minimum atomic E-state index is -0.298. The second-order valence-corrected chi connectivity index (χ2v) is 6.13. The number of rotatable bonds is 7. The van der Waals surface area contributed by atoms with Crippen LogP contribution in [0.4, 0.5) is 5.69 Å². The molecule has 2 amide bonds. The number of benzene rings is 2. The second kappa shape index (κ2) is 9.64. The van der Waals surface area contributed by atoms with Crippen molar-refractivity contribution < 1.29 is 19.1 Å². The van der Waals surface area contributed by atoms with Crippen LogP contribution in [0, 0.1) is 0 Å². The number of nitrogens with one attached hydrogen (secondary N) is 1. The molecule has 0 aliphatic rings. The molecule has 6 nitrogen and oxygen atoms in total. The Hall–Kier alpha value is -2.99. The molecule has 0 saturated heterocycles. The average molecular weight is 389 g/mol. The van der Waals surface area contributed by atoms with Gasteiger partial charge in [-0.3, -0.25) is 9.59 Å². The molecule has 27 heavy (non-hydrogen) atoms. The molecule has 2 aromatic carbocycles. The summed E-state index contributed by atoms with van der Waals surface area (Å²) >= 11 is 5.81. The lowest BCUT2D eigenvalue weighted by Crippen LogP contribution is -2.33. The van der Waals surface area contributed by atoms with Crippen molar-refractivity contribution in [3.05, 3.63) is 59.1 Å². The Morgan fingerprint density at radius 3 is 2.37 bits per heavy atom. The molecule has 0 unspecified atom stereocenters. The molecule has 0 spiro atoms. The molecule has 0 heterocycles. The van der Waals surface area contributed by atoms with Gasteiger partial charge in [0.05, 0.1) is 20.8 Å². The van der Waals surface area contributed by atoms with E-state index in [1.165, 1.54) is 11.0 Å². The molecule has 1 N–H and O–H groups in total. The molecule has 142 valence electrons. The number of halogens is 1. The summed E-state index contributed by atoms with van der Waals surface area (Å²) < 4.78 is 10.4. The molecule has 0 aromatic heterocycles. The van der Waals surface area contributed by atoms with E-state index in [0.717, 1.165) is 5.56 Å². The van der Waals surface area contributed by atoms with Crippen molar-refractivity contribution in [2.75, 3.05) is 33.1 Å². The Balaban J connectivity index is 1.93. The first-order valence-electron chi connectivity index (χ1n) is 8.13. The van der Waals surface area contributed by atoms with Crippen molar-refractivity contribution in [3.8, 4) is 11.5 Å². The summed E-state index contributed by atoms with van der Waals surface area (Å²) in [5, 5.41) is 3.29. The maximum Gasteiger partial charge on any atom is 0.246 e. The van der Waals surface area contributed by atoms with Crippen LogP contribution in [-0.2, 0) is 9.59 Å². The number of hydrogen-bond acceptors (Lipinski definition) is 4. The zero-order chi connectivity index (χ0) is 19.8. The molecule has 0 bridgehead atoms. The zero-order valence-corrected chi connectivity index (χ0v) is 16.1. The number of methoxy groups -OCH3 is 2. The van der Waals surface area contributed by atoms with Crippen molar-refractivity contribution in [3.63, 3.8) is 0 Å². The SMILES string of the molecule is COc1ccc(/C=C/C(=O)N(C)CC(=O)Nc2ccc(Cl)cc2)cc1OC. The monoisotopic (exact) mass is 388 g/mol. The van der Waals surface area contributed by atoms with Gasteiger partial charge in [0.25, 0.3) is 0 Å². The molecule has 0 saturated carbocycles. The fourth-order valence-electron chi connectivity index (χ4n) is 2.28. The fourth-order valence-corrected chi connectivity index (χ4v) is 2.40. The van der Waals surface area contributed by atoms with Gasteiger partial charge in [-0.05, 0) is 48.0 Å². The molecule has 7 heteroatoms. The molecular formula is C20H21ClN2O4. The predicted molar refractivity (Wildman–Crippen MR) is 106 cm³/mol. The number of likely N-dealkylation sites (N-methyl/N-ethyl adjacent to an activating group) is 1. The van der Waals surface area contributed by atoms with Gasteiger partial charge in [-0.2, -0.15) is 0 Å². The molecule has 0 aliphatic carbocycles. The molecule has 0 fully saturated rings. The number of amides is 2. The van der Waals surface area contributed by atoms with Gasteiger partial charge in [0.15, 0.2) is 11.5 Å². The number of anilines is 1. The normalized spacial score (nSPS) is 10.5. The quantitative estimate of drug-likeness (QED) is 0.737. The Kier molecular flexibility index (Phi) is 7.25. The van der Waals surface area contributed by atoms with Crippen LogP contribution in [0.3, 0.4) is 0 Å². The lowest BCUT2D eigenvalue weighted by Gasteiger charge is -2.15. The van der Waals surface area contributed by atoms with Gasteiger partial charge >= 0.3 is 0 Å². The Morgan fingerprint density at radius 1 is 1.07 bits per heavy atom. The fraction of sp³-hybridized carbons (Fsp3) is 0.200. The van der Waals surface area contributed by atoms with Crippen LogP contribution in [0.25, 0.3) is 6.08 Å². The number of carbonyl (C=O) groups is 2. The summed E-state index contributed by atoms with van der Waals surface area (Å²) in [6, 6.07) is 12.1. The number of ether oxygens (including phenoxy) is 2. The van der Waals surface area contributed by atoms with E-state index in [-0.39, 0.29) is 18.4 Å². The zero-order valence-electron chi connectivity index (χ0n) is 15.4. The third-order valence-corrected chi connectivity index (χ3v) is 3.96. The lowest BCUT2D eigenvalue weighted by atomic mass is 10.2. The first-order valence-corrected chi connectivity index (χ1v) is 8.51. The first kappa shape index (κ1) is 20.3. The topological polar surface area (TPSA) is 67.9 Å². The third-order valence-electron chi connectivity index (χ3n) is 3.71. The first-order chi connectivity index (χ1) is 12.9. The van der Waals surface area contributed by atoms with E-state index < -0.39 is 0 Å². The van der Waals surface area contributed by atoms with Crippen LogP contribution in [0.15, 0.2) is 48.5 Å². The van der Waals surface area contributed by atoms with Crippen LogP contribution in [0.2, 0.25) is 5.02 Å². The highest BCUT2D eigenvalue weighted by atomic mass is 35.5. The largest absolute Gasteiger partial charge is 0.493 e. The predicted octanol–water partition coefficient (Wildman–Crippen LogP) is 3.47. The van der Waals surface area contributed by atoms with Crippen molar-refractivity contribution in [2.45, 2.75) is 0 Å². The van der Waals surface area contributed by atoms with Crippen molar-refractivity contribution in [1.29, 1.82) is 0 Å². The molecule has 0 radical (unpaired) electrons. The van der Waals surface area contributed by atoms with E-state index in [1.807, 2.05) is 0 Å². The van der Waals surface area contributed by atoms with Crippen LogP contribution < -0.4 is 14.8 Å². The Labute approximate surface area is 163 Å². The van der Waals surface area contributed by atoms with Crippen LogP contribution in [-0.4, -0.2) is 44.5 Å². The molecule has 0 aliphatic heterocycles. The number of nitrogens with zero attached hydrogens (tertiary/aromatic N) is 1. The summed E-state index contributed by atoms with van der Waals surface area (Å²) in [7, 11) is 4.66. The number of carbonyl (C=O) groups excluding carboxylic acids is 2. The standard InChI is InChI=1S/C20H21ClN2O4/c1-23(13-19(24)22-16-8-6-15(21)7-9-16)20(25)11-5-14-4-10-17(26-2)18(12-14)27-3/h4-12H,13H2,1-3H3,(H,22,24)/b11-5+. The van der Waals surface area contributed by atoms with E-state index >= 15 is 0 Å². The van der Waals surface area contributed by atoms with Crippen molar-refractivity contribution in [2.24, 2.45) is 0 Å². The summed E-state index contributed by atoms with van der Waals surface area (Å²) in [5.41, 5.74) is 1.39. The van der Waals surface area contributed by atoms with Crippen LogP contribution in [0.5, 0.6) is 11.5 Å². The highest BCUT2D eigenvalue weighted by Crippen LogP contribution is 2.27.